The number of rotatable bonds is 4. The molecule has 1 fully saturated rings. The van der Waals surface area contributed by atoms with Gasteiger partial charge in [-0.2, -0.15) is 8.99 Å². The average molecular weight is 451 g/mol. The van der Waals surface area contributed by atoms with Gasteiger partial charge in [0, 0.05) is 32.2 Å². The second-order valence-corrected chi connectivity index (χ2v) is 10.6. The van der Waals surface area contributed by atoms with Crippen molar-refractivity contribution in [2.45, 2.75) is 11.1 Å². The Morgan fingerprint density at radius 3 is 2.28 bits per heavy atom. The van der Waals surface area contributed by atoms with Gasteiger partial charge in [0.15, 0.2) is 0 Å². The Bertz CT molecular complexity index is 1180. The van der Waals surface area contributed by atoms with E-state index in [1.54, 1.807) is 12.1 Å². The van der Waals surface area contributed by atoms with Crippen molar-refractivity contribution in [3.8, 4) is 5.69 Å². The molecule has 0 atom stereocenters. The summed E-state index contributed by atoms with van der Waals surface area (Å²) in [5.41, 5.74) is 1.58. The molecule has 2 aromatic heterocycles. The molecule has 1 aromatic carbocycles. The van der Waals surface area contributed by atoms with E-state index in [0.29, 0.717) is 42.0 Å². The minimum atomic E-state index is -3.54. The highest BCUT2D eigenvalue weighted by atomic mass is 35.5. The molecule has 29 heavy (non-hydrogen) atoms. The summed E-state index contributed by atoms with van der Waals surface area (Å²) in [5.74, 6) is 0.640. The highest BCUT2D eigenvalue weighted by Gasteiger charge is 2.30. The molecular formula is C19H19ClN4O3S2. The van der Waals surface area contributed by atoms with Crippen LogP contribution >= 0.6 is 22.9 Å². The molecular weight excluding hydrogens is 432 g/mol. The number of aromatic nitrogens is 2. The van der Waals surface area contributed by atoms with Crippen LogP contribution in [0, 0.1) is 6.92 Å². The van der Waals surface area contributed by atoms with E-state index in [1.807, 2.05) is 36.1 Å². The highest BCUT2D eigenvalue weighted by Crippen LogP contribution is 2.29. The molecule has 0 amide bonds. The number of nitrogens with zero attached hydrogens (tertiary/aromatic N) is 4. The lowest BCUT2D eigenvalue weighted by Crippen LogP contribution is -2.49. The third-order valence-electron chi connectivity index (χ3n) is 4.77. The Morgan fingerprint density at radius 1 is 0.966 bits per heavy atom. The maximum absolute atomic E-state index is 12.8. The van der Waals surface area contributed by atoms with Crippen LogP contribution in [-0.2, 0) is 10.0 Å². The normalized spacial score (nSPS) is 15.6. The predicted octanol–water partition coefficient (Wildman–Crippen LogP) is 2.77. The zero-order valence-corrected chi connectivity index (χ0v) is 18.0. The van der Waals surface area contributed by atoms with Crippen LogP contribution in [0.25, 0.3) is 5.69 Å². The molecule has 10 heteroatoms. The lowest BCUT2D eigenvalue weighted by molar-refractivity contribution is 0.384. The molecule has 0 aliphatic carbocycles. The molecule has 0 bridgehead atoms. The quantitative estimate of drug-likeness (QED) is 0.611. The fourth-order valence-corrected chi connectivity index (χ4v) is 6.22. The number of aryl methyl sites for hydroxylation is 1. The topological polar surface area (TPSA) is 75.5 Å². The van der Waals surface area contributed by atoms with E-state index in [1.165, 1.54) is 21.1 Å². The van der Waals surface area contributed by atoms with E-state index in [2.05, 4.69) is 5.10 Å². The summed E-state index contributed by atoms with van der Waals surface area (Å²) < 4.78 is 29.0. The Morgan fingerprint density at radius 2 is 1.66 bits per heavy atom. The third-order valence-corrected chi connectivity index (χ3v) is 8.37. The van der Waals surface area contributed by atoms with Gasteiger partial charge < -0.3 is 4.90 Å². The lowest BCUT2D eigenvalue weighted by Gasteiger charge is -2.34. The van der Waals surface area contributed by atoms with Gasteiger partial charge in [-0.1, -0.05) is 29.3 Å². The summed E-state index contributed by atoms with van der Waals surface area (Å²) in [6, 6.07) is 13.8. The number of thiophene rings is 1. The van der Waals surface area contributed by atoms with Crippen molar-refractivity contribution in [2.75, 3.05) is 31.1 Å². The van der Waals surface area contributed by atoms with Crippen molar-refractivity contribution in [2.24, 2.45) is 0 Å². The first kappa shape index (κ1) is 20.1. The van der Waals surface area contributed by atoms with Crippen molar-refractivity contribution < 1.29 is 8.42 Å². The van der Waals surface area contributed by atoms with E-state index in [9.17, 15) is 13.2 Å². The molecule has 4 rings (SSSR count). The number of halogens is 1. The summed E-state index contributed by atoms with van der Waals surface area (Å²) in [7, 11) is -3.54. The summed E-state index contributed by atoms with van der Waals surface area (Å²) in [4.78, 5) is 14.3. The number of piperazine rings is 1. The Labute approximate surface area is 177 Å². The van der Waals surface area contributed by atoms with Gasteiger partial charge in [-0.25, -0.2) is 8.42 Å². The van der Waals surface area contributed by atoms with Crippen LogP contribution in [0.1, 0.15) is 5.56 Å². The summed E-state index contributed by atoms with van der Waals surface area (Å²) in [6.07, 6.45) is 0. The molecule has 7 nitrogen and oxygen atoms in total. The molecule has 0 spiro atoms. The second kappa shape index (κ2) is 7.91. The SMILES string of the molecule is Cc1ccc(-n2nc(N3CCN(S(=O)(=O)c4ccc(Cl)s4)CC3)ccc2=O)cc1. The first-order valence-electron chi connectivity index (χ1n) is 9.02. The monoisotopic (exact) mass is 450 g/mol. The number of hydrogen-bond donors (Lipinski definition) is 0. The van der Waals surface area contributed by atoms with E-state index in [0.717, 1.165) is 16.9 Å². The van der Waals surface area contributed by atoms with Crippen molar-refractivity contribution in [3.05, 3.63) is 68.8 Å². The van der Waals surface area contributed by atoms with Gasteiger partial charge >= 0.3 is 0 Å². The standard InChI is InChI=1S/C19H19ClN4O3S2/c1-14-2-4-15(5-3-14)24-18(25)8-7-17(21-24)22-10-12-23(13-11-22)29(26,27)19-9-6-16(20)28-19/h2-9H,10-13H2,1H3. The molecule has 0 radical (unpaired) electrons. The van der Waals surface area contributed by atoms with Gasteiger partial charge in [-0.15, -0.1) is 16.4 Å². The number of benzene rings is 1. The zero-order chi connectivity index (χ0) is 20.6. The second-order valence-electron chi connectivity index (χ2n) is 6.73. The smallest absolute Gasteiger partial charge is 0.271 e. The number of hydrogen-bond acceptors (Lipinski definition) is 6. The zero-order valence-electron chi connectivity index (χ0n) is 15.7. The van der Waals surface area contributed by atoms with E-state index in [-0.39, 0.29) is 9.77 Å². The van der Waals surface area contributed by atoms with Gasteiger partial charge in [-0.3, -0.25) is 4.79 Å². The molecule has 1 saturated heterocycles. The Kier molecular flexibility index (Phi) is 5.48. The van der Waals surface area contributed by atoms with Gasteiger partial charge in [0.2, 0.25) is 0 Å². The van der Waals surface area contributed by atoms with E-state index >= 15 is 0 Å². The highest BCUT2D eigenvalue weighted by molar-refractivity contribution is 7.91. The molecule has 0 N–H and O–H groups in total. The molecule has 3 aromatic rings. The lowest BCUT2D eigenvalue weighted by atomic mass is 10.2. The van der Waals surface area contributed by atoms with Crippen LogP contribution < -0.4 is 10.5 Å². The summed E-state index contributed by atoms with van der Waals surface area (Å²) in [6.45, 7) is 3.62. The summed E-state index contributed by atoms with van der Waals surface area (Å²) >= 11 is 6.95. The van der Waals surface area contributed by atoms with E-state index < -0.39 is 10.0 Å². The van der Waals surface area contributed by atoms with Crippen molar-refractivity contribution in [1.82, 2.24) is 14.1 Å². The van der Waals surface area contributed by atoms with Crippen LogP contribution in [0.4, 0.5) is 5.82 Å². The number of sulfonamides is 1. The Balaban J connectivity index is 1.52. The van der Waals surface area contributed by atoms with Crippen LogP contribution in [-0.4, -0.2) is 48.7 Å². The molecule has 0 unspecified atom stereocenters. The fraction of sp³-hybridized carbons (Fsp3) is 0.263. The molecule has 152 valence electrons. The van der Waals surface area contributed by atoms with Crippen LogP contribution in [0.2, 0.25) is 4.34 Å². The van der Waals surface area contributed by atoms with Crippen molar-refractivity contribution >= 4 is 38.8 Å². The van der Waals surface area contributed by atoms with Gasteiger partial charge in [-0.05, 0) is 37.3 Å². The van der Waals surface area contributed by atoms with Crippen molar-refractivity contribution in [1.29, 1.82) is 0 Å². The first-order valence-corrected chi connectivity index (χ1v) is 11.7. The van der Waals surface area contributed by atoms with Crippen molar-refractivity contribution in [3.63, 3.8) is 0 Å². The van der Waals surface area contributed by atoms with Crippen LogP contribution in [0.3, 0.4) is 0 Å². The summed E-state index contributed by atoms with van der Waals surface area (Å²) in [5, 5.41) is 4.49. The fourth-order valence-electron chi connectivity index (χ4n) is 3.16. The van der Waals surface area contributed by atoms with Crippen LogP contribution in [0.15, 0.2) is 57.5 Å². The van der Waals surface area contributed by atoms with Gasteiger partial charge in [0.25, 0.3) is 15.6 Å². The number of anilines is 1. The van der Waals surface area contributed by atoms with Gasteiger partial charge in [0.1, 0.15) is 10.0 Å². The minimum absolute atomic E-state index is 0.214. The molecule has 3 heterocycles. The van der Waals surface area contributed by atoms with Crippen LogP contribution in [0.5, 0.6) is 0 Å². The average Bonchev–Trinajstić information content (AvgIpc) is 3.16. The minimum Gasteiger partial charge on any atom is -0.353 e. The maximum atomic E-state index is 12.8. The molecule has 1 aliphatic heterocycles. The maximum Gasteiger partial charge on any atom is 0.271 e. The Hall–Kier alpha value is -2.20. The third kappa shape index (κ3) is 4.09. The predicted molar refractivity (Wildman–Crippen MR) is 115 cm³/mol. The van der Waals surface area contributed by atoms with Gasteiger partial charge in [0.05, 0.1) is 10.0 Å². The van der Waals surface area contributed by atoms with E-state index in [4.69, 9.17) is 11.6 Å². The first-order chi connectivity index (χ1) is 13.8. The molecule has 0 saturated carbocycles. The largest absolute Gasteiger partial charge is 0.353 e. The molecule has 1 aliphatic rings.